The SMILES string of the molecule is COC(=O)C=C1CCCN1. The molecular formula is C7H11NO2. The summed E-state index contributed by atoms with van der Waals surface area (Å²) in [6.07, 6.45) is 3.59. The van der Waals surface area contributed by atoms with Crippen LogP contribution in [0.5, 0.6) is 0 Å². The summed E-state index contributed by atoms with van der Waals surface area (Å²) in [5, 5.41) is 3.08. The normalized spacial score (nSPS) is 20.7. The van der Waals surface area contributed by atoms with E-state index in [1.54, 1.807) is 0 Å². The van der Waals surface area contributed by atoms with Gasteiger partial charge >= 0.3 is 5.97 Å². The van der Waals surface area contributed by atoms with Crippen molar-refractivity contribution in [2.75, 3.05) is 13.7 Å². The van der Waals surface area contributed by atoms with Crippen LogP contribution in [0.25, 0.3) is 0 Å². The van der Waals surface area contributed by atoms with Gasteiger partial charge in [-0.3, -0.25) is 0 Å². The largest absolute Gasteiger partial charge is 0.466 e. The molecule has 0 aromatic rings. The maximum atomic E-state index is 10.6. The first-order valence-corrected chi connectivity index (χ1v) is 3.35. The molecule has 0 spiro atoms. The summed E-state index contributed by atoms with van der Waals surface area (Å²) in [5.41, 5.74) is 0.992. The molecule has 1 rings (SSSR count). The van der Waals surface area contributed by atoms with Crippen LogP contribution in [-0.4, -0.2) is 19.6 Å². The van der Waals surface area contributed by atoms with Gasteiger partial charge in [0.1, 0.15) is 0 Å². The third-order valence-electron chi connectivity index (χ3n) is 1.47. The second-order valence-electron chi connectivity index (χ2n) is 2.22. The van der Waals surface area contributed by atoms with Crippen molar-refractivity contribution in [3.05, 3.63) is 11.8 Å². The third kappa shape index (κ3) is 1.76. The lowest BCUT2D eigenvalue weighted by Crippen LogP contribution is -2.06. The lowest BCUT2D eigenvalue weighted by molar-refractivity contribution is -0.134. The highest BCUT2D eigenvalue weighted by atomic mass is 16.5. The van der Waals surface area contributed by atoms with Gasteiger partial charge in [-0.05, 0) is 12.8 Å². The number of ether oxygens (including phenoxy) is 1. The number of carbonyl (C=O) groups excluding carboxylic acids is 1. The first-order chi connectivity index (χ1) is 4.83. The van der Waals surface area contributed by atoms with E-state index < -0.39 is 0 Å². The maximum absolute atomic E-state index is 10.6. The van der Waals surface area contributed by atoms with Crippen LogP contribution in [0.3, 0.4) is 0 Å². The molecule has 0 unspecified atom stereocenters. The predicted molar refractivity (Wildman–Crippen MR) is 37.3 cm³/mol. The Bertz CT molecular complexity index is 155. The zero-order valence-electron chi connectivity index (χ0n) is 6.02. The number of allylic oxidation sites excluding steroid dienone is 1. The Morgan fingerprint density at radius 2 is 2.60 bits per heavy atom. The van der Waals surface area contributed by atoms with Gasteiger partial charge in [-0.25, -0.2) is 4.79 Å². The molecule has 3 heteroatoms. The molecule has 1 fully saturated rings. The Kier molecular flexibility index (Phi) is 2.31. The van der Waals surface area contributed by atoms with E-state index in [0.717, 1.165) is 25.1 Å². The van der Waals surface area contributed by atoms with Gasteiger partial charge in [-0.2, -0.15) is 0 Å². The average Bonchev–Trinajstić information content (AvgIpc) is 2.40. The number of nitrogens with one attached hydrogen (secondary N) is 1. The monoisotopic (exact) mass is 141 g/mol. The van der Waals surface area contributed by atoms with Crippen molar-refractivity contribution in [3.8, 4) is 0 Å². The molecule has 0 atom stereocenters. The standard InChI is InChI=1S/C7H11NO2/c1-10-7(9)5-6-3-2-4-8-6/h5,8H,2-4H2,1H3. The molecule has 0 aliphatic carbocycles. The molecular weight excluding hydrogens is 130 g/mol. The van der Waals surface area contributed by atoms with Crippen LogP contribution < -0.4 is 5.32 Å². The lowest BCUT2D eigenvalue weighted by Gasteiger charge is -1.95. The highest BCUT2D eigenvalue weighted by Gasteiger charge is 2.06. The van der Waals surface area contributed by atoms with Crippen LogP contribution in [0.2, 0.25) is 0 Å². The molecule has 1 heterocycles. The van der Waals surface area contributed by atoms with E-state index >= 15 is 0 Å². The van der Waals surface area contributed by atoms with Gasteiger partial charge < -0.3 is 10.1 Å². The summed E-state index contributed by atoms with van der Waals surface area (Å²) in [6, 6.07) is 0. The Morgan fingerprint density at radius 3 is 3.10 bits per heavy atom. The third-order valence-corrected chi connectivity index (χ3v) is 1.47. The predicted octanol–water partition coefficient (Wildman–Crippen LogP) is 0.427. The van der Waals surface area contributed by atoms with E-state index in [2.05, 4.69) is 10.1 Å². The second-order valence-corrected chi connectivity index (χ2v) is 2.22. The Hall–Kier alpha value is -0.990. The summed E-state index contributed by atoms with van der Waals surface area (Å²) >= 11 is 0. The van der Waals surface area contributed by atoms with Gasteiger partial charge in [0.15, 0.2) is 0 Å². The molecule has 0 bridgehead atoms. The lowest BCUT2D eigenvalue weighted by atomic mass is 10.3. The van der Waals surface area contributed by atoms with E-state index in [1.807, 2.05) is 0 Å². The fourth-order valence-electron chi connectivity index (χ4n) is 0.941. The minimum absolute atomic E-state index is 0.274. The zero-order valence-corrected chi connectivity index (χ0v) is 6.02. The summed E-state index contributed by atoms with van der Waals surface area (Å²) in [5.74, 6) is -0.274. The van der Waals surface area contributed by atoms with Gasteiger partial charge in [0.25, 0.3) is 0 Å². The van der Waals surface area contributed by atoms with E-state index in [0.29, 0.717) is 0 Å². The van der Waals surface area contributed by atoms with Crippen LogP contribution in [0.4, 0.5) is 0 Å². The van der Waals surface area contributed by atoms with E-state index in [-0.39, 0.29) is 5.97 Å². The molecule has 0 aromatic carbocycles. The first kappa shape index (κ1) is 7.12. The Labute approximate surface area is 60.1 Å². The highest BCUT2D eigenvalue weighted by Crippen LogP contribution is 2.07. The van der Waals surface area contributed by atoms with Crippen molar-refractivity contribution in [1.29, 1.82) is 0 Å². The van der Waals surface area contributed by atoms with Crippen LogP contribution >= 0.6 is 0 Å². The van der Waals surface area contributed by atoms with Crippen LogP contribution in [0.1, 0.15) is 12.8 Å². The number of esters is 1. The molecule has 1 saturated heterocycles. The second kappa shape index (κ2) is 3.25. The zero-order chi connectivity index (χ0) is 7.40. The summed E-state index contributed by atoms with van der Waals surface area (Å²) < 4.78 is 4.46. The van der Waals surface area contributed by atoms with Crippen molar-refractivity contribution < 1.29 is 9.53 Å². The molecule has 3 nitrogen and oxygen atoms in total. The number of hydrogen-bond donors (Lipinski definition) is 1. The molecule has 1 N–H and O–H groups in total. The molecule has 1 aliphatic rings. The van der Waals surface area contributed by atoms with Crippen molar-refractivity contribution >= 4 is 5.97 Å². The molecule has 0 amide bonds. The fourth-order valence-corrected chi connectivity index (χ4v) is 0.941. The van der Waals surface area contributed by atoms with Crippen molar-refractivity contribution in [1.82, 2.24) is 5.32 Å². The van der Waals surface area contributed by atoms with Crippen LogP contribution in [-0.2, 0) is 9.53 Å². The minimum atomic E-state index is -0.274. The van der Waals surface area contributed by atoms with Crippen molar-refractivity contribution in [2.45, 2.75) is 12.8 Å². The van der Waals surface area contributed by atoms with Gasteiger partial charge in [0, 0.05) is 18.3 Å². The molecule has 56 valence electrons. The number of carbonyl (C=O) groups is 1. The molecule has 0 saturated carbocycles. The van der Waals surface area contributed by atoms with Gasteiger partial charge in [0.05, 0.1) is 7.11 Å². The summed E-state index contributed by atoms with van der Waals surface area (Å²) in [7, 11) is 1.38. The number of rotatable bonds is 1. The summed E-state index contributed by atoms with van der Waals surface area (Å²) in [4.78, 5) is 10.6. The minimum Gasteiger partial charge on any atom is -0.466 e. The average molecular weight is 141 g/mol. The van der Waals surface area contributed by atoms with Crippen LogP contribution in [0, 0.1) is 0 Å². The maximum Gasteiger partial charge on any atom is 0.332 e. The van der Waals surface area contributed by atoms with Crippen molar-refractivity contribution in [2.24, 2.45) is 0 Å². The first-order valence-electron chi connectivity index (χ1n) is 3.35. The van der Waals surface area contributed by atoms with Gasteiger partial charge in [-0.15, -0.1) is 0 Å². The molecule has 0 radical (unpaired) electrons. The van der Waals surface area contributed by atoms with E-state index in [9.17, 15) is 4.79 Å². The molecule has 1 aliphatic heterocycles. The van der Waals surface area contributed by atoms with Gasteiger partial charge in [-0.1, -0.05) is 0 Å². The quantitative estimate of drug-likeness (QED) is 0.425. The number of hydrogen-bond acceptors (Lipinski definition) is 3. The fraction of sp³-hybridized carbons (Fsp3) is 0.571. The summed E-state index contributed by atoms with van der Waals surface area (Å²) in [6.45, 7) is 0.975. The topological polar surface area (TPSA) is 38.3 Å². The molecule has 0 aromatic heterocycles. The highest BCUT2D eigenvalue weighted by molar-refractivity contribution is 5.82. The van der Waals surface area contributed by atoms with Crippen LogP contribution in [0.15, 0.2) is 11.8 Å². The Morgan fingerprint density at radius 1 is 1.80 bits per heavy atom. The van der Waals surface area contributed by atoms with E-state index in [1.165, 1.54) is 13.2 Å². The van der Waals surface area contributed by atoms with Gasteiger partial charge in [0.2, 0.25) is 0 Å². The Balaban J connectivity index is 2.45. The van der Waals surface area contributed by atoms with Crippen molar-refractivity contribution in [3.63, 3.8) is 0 Å². The molecule has 10 heavy (non-hydrogen) atoms. The number of methoxy groups -OCH3 is 1. The smallest absolute Gasteiger partial charge is 0.332 e. The van der Waals surface area contributed by atoms with E-state index in [4.69, 9.17) is 0 Å².